The molecular formula is C13H15Cl2NO3S. The van der Waals surface area contributed by atoms with Crippen molar-refractivity contribution >= 4 is 46.8 Å². The highest BCUT2D eigenvalue weighted by molar-refractivity contribution is 7.99. The van der Waals surface area contributed by atoms with E-state index in [9.17, 15) is 9.59 Å². The Labute approximate surface area is 131 Å². The van der Waals surface area contributed by atoms with Gasteiger partial charge < -0.3 is 10.4 Å². The SMILES string of the molecule is CCSCCC(NC(=O)c1cc(Cl)ccc1Cl)C(=O)O. The minimum absolute atomic E-state index is 0.175. The smallest absolute Gasteiger partial charge is 0.326 e. The van der Waals surface area contributed by atoms with Crippen LogP contribution in [-0.2, 0) is 4.79 Å². The van der Waals surface area contributed by atoms with Gasteiger partial charge in [-0.15, -0.1) is 0 Å². The van der Waals surface area contributed by atoms with Crippen LogP contribution in [0.5, 0.6) is 0 Å². The van der Waals surface area contributed by atoms with Gasteiger partial charge in [0, 0.05) is 5.02 Å². The molecule has 2 N–H and O–H groups in total. The zero-order valence-corrected chi connectivity index (χ0v) is 13.2. The Kier molecular flexibility index (Phi) is 7.19. The standard InChI is InChI=1S/C13H15Cl2NO3S/c1-2-20-6-5-11(13(18)19)16-12(17)9-7-8(14)3-4-10(9)15/h3-4,7,11H,2,5-6H2,1H3,(H,16,17)(H,18,19). The van der Waals surface area contributed by atoms with E-state index in [0.717, 1.165) is 5.75 Å². The Bertz CT molecular complexity index is 497. The topological polar surface area (TPSA) is 66.4 Å². The summed E-state index contributed by atoms with van der Waals surface area (Å²) in [6.45, 7) is 1.99. The third-order valence-corrected chi connectivity index (χ3v) is 4.03. The fourth-order valence-electron chi connectivity index (χ4n) is 1.51. The molecule has 0 spiro atoms. The molecule has 0 heterocycles. The molecule has 1 atom stereocenters. The number of carboxylic acids is 1. The van der Waals surface area contributed by atoms with Crippen molar-refractivity contribution in [1.29, 1.82) is 0 Å². The summed E-state index contributed by atoms with van der Waals surface area (Å²) in [5.41, 5.74) is 0.175. The van der Waals surface area contributed by atoms with E-state index in [-0.39, 0.29) is 10.6 Å². The van der Waals surface area contributed by atoms with Crippen molar-refractivity contribution in [3.05, 3.63) is 33.8 Å². The number of benzene rings is 1. The highest BCUT2D eigenvalue weighted by Crippen LogP contribution is 2.20. The normalized spacial score (nSPS) is 11.9. The lowest BCUT2D eigenvalue weighted by Crippen LogP contribution is -2.41. The van der Waals surface area contributed by atoms with Crippen LogP contribution >= 0.6 is 35.0 Å². The summed E-state index contributed by atoms with van der Waals surface area (Å²) >= 11 is 13.3. The average molecular weight is 336 g/mol. The maximum Gasteiger partial charge on any atom is 0.326 e. The molecule has 0 bridgehead atoms. The molecule has 1 amide bonds. The van der Waals surface area contributed by atoms with Crippen LogP contribution in [0.1, 0.15) is 23.7 Å². The summed E-state index contributed by atoms with van der Waals surface area (Å²) in [7, 11) is 0. The summed E-state index contributed by atoms with van der Waals surface area (Å²) in [6.07, 6.45) is 0.359. The number of nitrogens with one attached hydrogen (secondary N) is 1. The van der Waals surface area contributed by atoms with E-state index in [2.05, 4.69) is 5.32 Å². The largest absolute Gasteiger partial charge is 0.480 e. The van der Waals surface area contributed by atoms with E-state index in [4.69, 9.17) is 28.3 Å². The highest BCUT2D eigenvalue weighted by atomic mass is 35.5. The van der Waals surface area contributed by atoms with Crippen molar-refractivity contribution in [3.8, 4) is 0 Å². The number of hydrogen-bond acceptors (Lipinski definition) is 3. The monoisotopic (exact) mass is 335 g/mol. The van der Waals surface area contributed by atoms with Crippen LogP contribution in [0.2, 0.25) is 10.0 Å². The first-order valence-electron chi connectivity index (χ1n) is 6.02. The zero-order valence-electron chi connectivity index (χ0n) is 10.9. The lowest BCUT2D eigenvalue weighted by molar-refractivity contribution is -0.139. The Morgan fingerprint density at radius 3 is 2.70 bits per heavy atom. The molecule has 0 aliphatic heterocycles. The van der Waals surface area contributed by atoms with Crippen LogP contribution < -0.4 is 5.32 Å². The molecule has 1 aromatic carbocycles. The van der Waals surface area contributed by atoms with Crippen molar-refractivity contribution in [3.63, 3.8) is 0 Å². The van der Waals surface area contributed by atoms with Gasteiger partial charge >= 0.3 is 5.97 Å². The Balaban J connectivity index is 2.75. The second kappa shape index (κ2) is 8.39. The molecule has 4 nitrogen and oxygen atoms in total. The number of thioether (sulfide) groups is 1. The predicted octanol–water partition coefficient (Wildman–Crippen LogP) is 3.32. The molecule has 0 aromatic heterocycles. The molecule has 0 fully saturated rings. The minimum atomic E-state index is -1.06. The number of amides is 1. The number of carbonyl (C=O) groups excluding carboxylic acids is 1. The number of carboxylic acid groups (broad SMARTS) is 1. The molecule has 20 heavy (non-hydrogen) atoms. The second-order valence-electron chi connectivity index (χ2n) is 3.97. The van der Waals surface area contributed by atoms with Crippen LogP contribution in [0.3, 0.4) is 0 Å². The molecule has 0 aliphatic carbocycles. The van der Waals surface area contributed by atoms with Crippen LogP contribution in [0, 0.1) is 0 Å². The van der Waals surface area contributed by atoms with E-state index in [1.165, 1.54) is 12.1 Å². The van der Waals surface area contributed by atoms with Crippen LogP contribution in [0.4, 0.5) is 0 Å². The van der Waals surface area contributed by atoms with E-state index in [0.29, 0.717) is 17.2 Å². The van der Waals surface area contributed by atoms with Crippen molar-refractivity contribution < 1.29 is 14.7 Å². The van der Waals surface area contributed by atoms with Crippen LogP contribution in [0.25, 0.3) is 0 Å². The highest BCUT2D eigenvalue weighted by Gasteiger charge is 2.21. The summed E-state index contributed by atoms with van der Waals surface area (Å²) in [4.78, 5) is 23.2. The predicted molar refractivity (Wildman–Crippen MR) is 83.0 cm³/mol. The van der Waals surface area contributed by atoms with E-state index >= 15 is 0 Å². The van der Waals surface area contributed by atoms with Gasteiger partial charge in [0.1, 0.15) is 6.04 Å². The quantitative estimate of drug-likeness (QED) is 0.750. The number of hydrogen-bond donors (Lipinski definition) is 2. The number of rotatable bonds is 7. The molecule has 0 radical (unpaired) electrons. The first-order chi connectivity index (χ1) is 9.45. The second-order valence-corrected chi connectivity index (χ2v) is 6.21. The third-order valence-electron chi connectivity index (χ3n) is 2.53. The zero-order chi connectivity index (χ0) is 15.1. The van der Waals surface area contributed by atoms with E-state index in [1.54, 1.807) is 17.8 Å². The third kappa shape index (κ3) is 5.23. The summed E-state index contributed by atoms with van der Waals surface area (Å²) < 4.78 is 0. The van der Waals surface area contributed by atoms with Gasteiger partial charge in [-0.25, -0.2) is 4.79 Å². The summed E-state index contributed by atoms with van der Waals surface area (Å²) in [5.74, 6) is -0.0307. The number of aliphatic carboxylic acids is 1. The molecule has 110 valence electrons. The van der Waals surface area contributed by atoms with Crippen molar-refractivity contribution in [1.82, 2.24) is 5.32 Å². The molecule has 0 saturated heterocycles. The Hall–Kier alpha value is -0.910. The first-order valence-corrected chi connectivity index (χ1v) is 7.93. The van der Waals surface area contributed by atoms with Gasteiger partial charge in [0.2, 0.25) is 0 Å². The molecule has 1 aromatic rings. The fraction of sp³-hybridized carbons (Fsp3) is 0.385. The maximum atomic E-state index is 12.0. The minimum Gasteiger partial charge on any atom is -0.480 e. The molecule has 1 rings (SSSR count). The van der Waals surface area contributed by atoms with Crippen molar-refractivity contribution in [2.45, 2.75) is 19.4 Å². The summed E-state index contributed by atoms with van der Waals surface area (Å²) in [5, 5.41) is 12.2. The van der Waals surface area contributed by atoms with E-state index < -0.39 is 17.9 Å². The molecule has 0 saturated carbocycles. The van der Waals surface area contributed by atoms with Crippen LogP contribution in [0.15, 0.2) is 18.2 Å². The number of carbonyl (C=O) groups is 2. The van der Waals surface area contributed by atoms with Crippen LogP contribution in [-0.4, -0.2) is 34.5 Å². The number of halogens is 2. The van der Waals surface area contributed by atoms with Gasteiger partial charge in [-0.3, -0.25) is 4.79 Å². The first kappa shape index (κ1) is 17.1. The van der Waals surface area contributed by atoms with Gasteiger partial charge in [-0.05, 0) is 36.1 Å². The Morgan fingerprint density at radius 1 is 1.40 bits per heavy atom. The lowest BCUT2D eigenvalue weighted by Gasteiger charge is -2.14. The van der Waals surface area contributed by atoms with Gasteiger partial charge in [0.25, 0.3) is 5.91 Å². The van der Waals surface area contributed by atoms with Crippen molar-refractivity contribution in [2.75, 3.05) is 11.5 Å². The fourth-order valence-corrected chi connectivity index (χ4v) is 2.58. The average Bonchev–Trinajstić information content (AvgIpc) is 2.40. The Morgan fingerprint density at radius 2 is 2.10 bits per heavy atom. The van der Waals surface area contributed by atoms with Gasteiger partial charge in [0.05, 0.1) is 10.6 Å². The van der Waals surface area contributed by atoms with Gasteiger partial charge in [-0.1, -0.05) is 30.1 Å². The molecule has 1 unspecified atom stereocenters. The molecule has 7 heteroatoms. The van der Waals surface area contributed by atoms with Gasteiger partial charge in [0.15, 0.2) is 0 Å². The van der Waals surface area contributed by atoms with E-state index in [1.807, 2.05) is 6.92 Å². The summed E-state index contributed by atoms with van der Waals surface area (Å²) in [6, 6.07) is 3.55. The van der Waals surface area contributed by atoms with Gasteiger partial charge in [-0.2, -0.15) is 11.8 Å². The molecular weight excluding hydrogens is 321 g/mol. The molecule has 0 aliphatic rings. The lowest BCUT2D eigenvalue weighted by atomic mass is 10.1. The maximum absolute atomic E-state index is 12.0. The van der Waals surface area contributed by atoms with Crippen molar-refractivity contribution in [2.24, 2.45) is 0 Å².